The number of hydrogen-bond acceptors (Lipinski definition) is 4. The van der Waals surface area contributed by atoms with Gasteiger partial charge in [-0.3, -0.25) is 10.1 Å². The molecule has 0 radical (unpaired) electrons. The molecule has 5 rings (SSSR count). The van der Waals surface area contributed by atoms with Crippen molar-refractivity contribution in [3.63, 3.8) is 0 Å². The zero-order chi connectivity index (χ0) is 18.4. The maximum Gasteiger partial charge on any atom is 0.231 e. The number of halogens is 1. The molecule has 2 N–H and O–H groups in total. The van der Waals surface area contributed by atoms with Crippen molar-refractivity contribution in [1.82, 2.24) is 10.6 Å². The molecule has 1 amide bonds. The molecule has 2 aliphatic heterocycles. The van der Waals surface area contributed by atoms with Gasteiger partial charge in [0.25, 0.3) is 0 Å². The highest BCUT2D eigenvalue weighted by atomic mass is 35.5. The standard InChI is InChI=1S/C21H19ClN2O2S/c22-13-7-9-14(10-8-13)26-15-4-1-3-12(11-15)19-23-20(25)18-16-5-2-6-17(16)27-21(18)24-19/h1,3-4,7-11,18-19,21,24H,2,5-6H2,(H,23,25). The van der Waals surface area contributed by atoms with Crippen molar-refractivity contribution in [3.8, 4) is 11.5 Å². The lowest BCUT2D eigenvalue weighted by Gasteiger charge is -2.35. The second kappa shape index (κ2) is 6.89. The highest BCUT2D eigenvalue weighted by Gasteiger charge is 2.46. The molecule has 6 heteroatoms. The van der Waals surface area contributed by atoms with E-state index in [-0.39, 0.29) is 23.4 Å². The Hall–Kier alpha value is -1.95. The number of benzene rings is 2. The Labute approximate surface area is 167 Å². The first-order chi connectivity index (χ1) is 13.2. The molecular formula is C21H19ClN2O2S. The van der Waals surface area contributed by atoms with E-state index >= 15 is 0 Å². The smallest absolute Gasteiger partial charge is 0.231 e. The molecule has 0 spiro atoms. The first-order valence-electron chi connectivity index (χ1n) is 9.16. The minimum absolute atomic E-state index is 0.0164. The van der Waals surface area contributed by atoms with Crippen LogP contribution in [0.15, 0.2) is 59.0 Å². The predicted octanol–water partition coefficient (Wildman–Crippen LogP) is 4.98. The first-order valence-corrected chi connectivity index (χ1v) is 10.4. The lowest BCUT2D eigenvalue weighted by Crippen LogP contribution is -2.54. The van der Waals surface area contributed by atoms with E-state index < -0.39 is 0 Å². The SMILES string of the molecule is O=C1NC(c2cccc(Oc3ccc(Cl)cc3)c2)NC2SC3=C(CCC3)C12. The van der Waals surface area contributed by atoms with Crippen LogP contribution in [-0.2, 0) is 4.79 Å². The topological polar surface area (TPSA) is 50.4 Å². The van der Waals surface area contributed by atoms with E-state index in [4.69, 9.17) is 16.3 Å². The second-order valence-electron chi connectivity index (χ2n) is 7.05. The van der Waals surface area contributed by atoms with Crippen LogP contribution in [0, 0.1) is 5.92 Å². The van der Waals surface area contributed by atoms with Gasteiger partial charge in [-0.1, -0.05) is 23.7 Å². The number of carbonyl (C=O) groups is 1. The van der Waals surface area contributed by atoms with Crippen molar-refractivity contribution in [2.45, 2.75) is 30.8 Å². The van der Waals surface area contributed by atoms with Gasteiger partial charge in [-0.05, 0) is 71.7 Å². The van der Waals surface area contributed by atoms with Gasteiger partial charge in [-0.2, -0.15) is 0 Å². The normalized spacial score (nSPS) is 26.6. The van der Waals surface area contributed by atoms with E-state index in [0.717, 1.165) is 29.9 Å². The number of hydrogen-bond donors (Lipinski definition) is 2. The van der Waals surface area contributed by atoms with Gasteiger partial charge in [-0.15, -0.1) is 11.8 Å². The Morgan fingerprint density at radius 3 is 2.78 bits per heavy atom. The Morgan fingerprint density at radius 2 is 1.93 bits per heavy atom. The van der Waals surface area contributed by atoms with Crippen molar-refractivity contribution in [2.24, 2.45) is 5.92 Å². The van der Waals surface area contributed by atoms with Gasteiger partial charge in [0.15, 0.2) is 0 Å². The zero-order valence-corrected chi connectivity index (χ0v) is 16.1. The maximum absolute atomic E-state index is 12.8. The van der Waals surface area contributed by atoms with E-state index in [9.17, 15) is 4.79 Å². The molecule has 3 atom stereocenters. The summed E-state index contributed by atoms with van der Waals surface area (Å²) in [4.78, 5) is 14.2. The lowest BCUT2D eigenvalue weighted by atomic mass is 9.94. The van der Waals surface area contributed by atoms with Gasteiger partial charge in [0.1, 0.15) is 17.7 Å². The largest absolute Gasteiger partial charge is 0.457 e. The van der Waals surface area contributed by atoms with E-state index in [1.165, 1.54) is 16.9 Å². The number of allylic oxidation sites excluding steroid dienone is 1. The van der Waals surface area contributed by atoms with Crippen LogP contribution in [0.4, 0.5) is 0 Å². The van der Waals surface area contributed by atoms with E-state index in [1.54, 1.807) is 12.1 Å². The number of nitrogens with one attached hydrogen (secondary N) is 2. The van der Waals surface area contributed by atoms with Gasteiger partial charge in [0.2, 0.25) is 5.91 Å². The molecule has 2 aromatic rings. The summed E-state index contributed by atoms with van der Waals surface area (Å²) >= 11 is 7.76. The van der Waals surface area contributed by atoms with Crippen LogP contribution < -0.4 is 15.4 Å². The van der Waals surface area contributed by atoms with Crippen molar-refractivity contribution in [2.75, 3.05) is 0 Å². The van der Waals surface area contributed by atoms with Crippen LogP contribution in [-0.4, -0.2) is 11.3 Å². The highest BCUT2D eigenvalue weighted by Crippen LogP contribution is 2.50. The quantitative estimate of drug-likeness (QED) is 0.765. The fourth-order valence-electron chi connectivity index (χ4n) is 4.05. The van der Waals surface area contributed by atoms with Gasteiger partial charge in [0.05, 0.1) is 11.3 Å². The summed E-state index contributed by atoms with van der Waals surface area (Å²) in [5, 5.41) is 7.56. The average molecular weight is 399 g/mol. The summed E-state index contributed by atoms with van der Waals surface area (Å²) in [6.07, 6.45) is 3.16. The molecule has 0 bridgehead atoms. The third-order valence-electron chi connectivity index (χ3n) is 5.30. The number of rotatable bonds is 3. The molecule has 4 nitrogen and oxygen atoms in total. The molecule has 138 valence electrons. The predicted molar refractivity (Wildman–Crippen MR) is 108 cm³/mol. The van der Waals surface area contributed by atoms with Crippen LogP contribution in [0.25, 0.3) is 0 Å². The van der Waals surface area contributed by atoms with Crippen LogP contribution in [0.2, 0.25) is 5.02 Å². The number of ether oxygens (including phenoxy) is 1. The number of fused-ring (bicyclic) bond motifs is 2. The Kier molecular flexibility index (Phi) is 4.38. The fraction of sp³-hybridized carbons (Fsp3) is 0.286. The van der Waals surface area contributed by atoms with Gasteiger partial charge >= 0.3 is 0 Å². The molecule has 27 heavy (non-hydrogen) atoms. The summed E-state index contributed by atoms with van der Waals surface area (Å²) in [6.45, 7) is 0. The van der Waals surface area contributed by atoms with E-state index in [1.807, 2.05) is 48.2 Å². The zero-order valence-electron chi connectivity index (χ0n) is 14.6. The average Bonchev–Trinajstić information content (AvgIpc) is 3.24. The minimum Gasteiger partial charge on any atom is -0.457 e. The van der Waals surface area contributed by atoms with Crippen LogP contribution >= 0.6 is 23.4 Å². The van der Waals surface area contributed by atoms with Crippen molar-refractivity contribution in [3.05, 3.63) is 69.6 Å². The lowest BCUT2D eigenvalue weighted by molar-refractivity contribution is -0.127. The third-order valence-corrected chi connectivity index (χ3v) is 6.96. The Bertz CT molecular complexity index is 928. The molecule has 3 aliphatic rings. The van der Waals surface area contributed by atoms with Crippen molar-refractivity contribution >= 4 is 29.3 Å². The number of carbonyl (C=O) groups excluding carboxylic acids is 1. The molecule has 2 heterocycles. The summed E-state index contributed by atoms with van der Waals surface area (Å²) in [5.41, 5.74) is 2.34. The Morgan fingerprint density at radius 1 is 1.07 bits per heavy atom. The summed E-state index contributed by atoms with van der Waals surface area (Å²) in [6, 6.07) is 15.1. The van der Waals surface area contributed by atoms with E-state index in [2.05, 4.69) is 10.6 Å². The van der Waals surface area contributed by atoms with Crippen LogP contribution in [0.5, 0.6) is 11.5 Å². The fourth-order valence-corrected chi connectivity index (χ4v) is 5.75. The highest BCUT2D eigenvalue weighted by molar-refractivity contribution is 8.04. The minimum atomic E-state index is -0.208. The maximum atomic E-state index is 12.8. The number of amides is 1. The molecule has 2 aromatic carbocycles. The van der Waals surface area contributed by atoms with Crippen LogP contribution in [0.1, 0.15) is 31.0 Å². The summed E-state index contributed by atoms with van der Waals surface area (Å²) in [5.74, 6) is 1.57. The van der Waals surface area contributed by atoms with Crippen molar-refractivity contribution in [1.29, 1.82) is 0 Å². The summed E-state index contributed by atoms with van der Waals surface area (Å²) in [7, 11) is 0. The first kappa shape index (κ1) is 17.2. The second-order valence-corrected chi connectivity index (χ2v) is 8.73. The molecule has 1 saturated heterocycles. The molecule has 0 saturated carbocycles. The summed E-state index contributed by atoms with van der Waals surface area (Å²) < 4.78 is 5.93. The van der Waals surface area contributed by atoms with Gasteiger partial charge < -0.3 is 10.1 Å². The molecule has 1 fully saturated rings. The van der Waals surface area contributed by atoms with Gasteiger partial charge in [-0.25, -0.2) is 0 Å². The van der Waals surface area contributed by atoms with Crippen molar-refractivity contribution < 1.29 is 9.53 Å². The third kappa shape index (κ3) is 3.24. The molecule has 0 aromatic heterocycles. The molecule has 1 aliphatic carbocycles. The van der Waals surface area contributed by atoms with Gasteiger partial charge in [0, 0.05) is 5.02 Å². The monoisotopic (exact) mass is 398 g/mol. The van der Waals surface area contributed by atoms with Crippen LogP contribution in [0.3, 0.4) is 0 Å². The number of thioether (sulfide) groups is 1. The molecular weight excluding hydrogens is 380 g/mol. The van der Waals surface area contributed by atoms with E-state index in [0.29, 0.717) is 5.02 Å². The Balaban J connectivity index is 1.34. The molecule has 3 unspecified atom stereocenters.